The van der Waals surface area contributed by atoms with E-state index < -0.39 is 0 Å². The van der Waals surface area contributed by atoms with Crippen LogP contribution in [0.3, 0.4) is 0 Å². The average Bonchev–Trinajstić information content (AvgIpc) is 3.19. The number of rotatable bonds is 7. The molecule has 0 saturated carbocycles. The number of para-hydroxylation sites is 1. The number of amides is 1. The minimum Gasteiger partial charge on any atom is -0.459 e. The van der Waals surface area contributed by atoms with E-state index >= 15 is 0 Å². The monoisotopic (exact) mass is 543 g/mol. The van der Waals surface area contributed by atoms with Crippen LogP contribution in [0.25, 0.3) is 0 Å². The first-order chi connectivity index (χ1) is 14.6. The number of carbonyl (C=O) groups is 1. The molecule has 9 heteroatoms. The number of nitrogens with zero attached hydrogens (tertiary/aromatic N) is 3. The van der Waals surface area contributed by atoms with Crippen LogP contribution in [-0.2, 0) is 0 Å². The predicted molar refractivity (Wildman–Crippen MR) is 132 cm³/mol. The van der Waals surface area contributed by atoms with Crippen molar-refractivity contribution in [2.75, 3.05) is 50.7 Å². The predicted octanol–water partition coefficient (Wildman–Crippen LogP) is 3.25. The van der Waals surface area contributed by atoms with Gasteiger partial charge in [0.05, 0.1) is 12.0 Å². The maximum atomic E-state index is 14.0. The number of piperazine rings is 1. The van der Waals surface area contributed by atoms with Gasteiger partial charge in [-0.1, -0.05) is 12.1 Å². The minimum absolute atomic E-state index is 0. The summed E-state index contributed by atoms with van der Waals surface area (Å²) < 4.78 is 19.2. The lowest BCUT2D eigenvalue weighted by atomic mass is 10.2. The van der Waals surface area contributed by atoms with E-state index in [1.165, 1.54) is 12.3 Å². The number of aryl methyl sites for hydroxylation is 1. The molecule has 1 aromatic heterocycles. The van der Waals surface area contributed by atoms with E-state index in [1.54, 1.807) is 12.1 Å². The Bertz CT molecular complexity index is 865. The topological polar surface area (TPSA) is 73.1 Å². The number of halogens is 2. The van der Waals surface area contributed by atoms with Crippen LogP contribution in [-0.4, -0.2) is 62.6 Å². The van der Waals surface area contributed by atoms with Crippen molar-refractivity contribution in [3.05, 3.63) is 53.7 Å². The smallest absolute Gasteiger partial charge is 0.287 e. The van der Waals surface area contributed by atoms with Crippen molar-refractivity contribution >= 4 is 41.5 Å². The zero-order chi connectivity index (χ0) is 21.3. The SMILES string of the molecule is CCNC(=NCCCNC(=O)c1occc1C)N1CCN(c2ccccc2F)CC1.I. The zero-order valence-corrected chi connectivity index (χ0v) is 20.4. The highest BCUT2D eigenvalue weighted by Gasteiger charge is 2.21. The van der Waals surface area contributed by atoms with E-state index in [2.05, 4.69) is 20.4 Å². The molecule has 0 atom stereocenters. The van der Waals surface area contributed by atoms with E-state index in [4.69, 9.17) is 9.41 Å². The van der Waals surface area contributed by atoms with Crippen LogP contribution in [0.5, 0.6) is 0 Å². The molecule has 2 aromatic rings. The second kappa shape index (κ2) is 12.5. The molecule has 7 nitrogen and oxygen atoms in total. The third-order valence-electron chi connectivity index (χ3n) is 5.06. The molecule has 1 aliphatic heterocycles. The third-order valence-corrected chi connectivity index (χ3v) is 5.06. The van der Waals surface area contributed by atoms with Crippen LogP contribution < -0.4 is 15.5 Å². The number of carbonyl (C=O) groups excluding carboxylic acids is 1. The highest BCUT2D eigenvalue weighted by atomic mass is 127. The Morgan fingerprint density at radius 3 is 2.55 bits per heavy atom. The Balaban J connectivity index is 0.00000341. The van der Waals surface area contributed by atoms with Gasteiger partial charge in [-0.2, -0.15) is 0 Å². The van der Waals surface area contributed by atoms with Gasteiger partial charge in [0.1, 0.15) is 5.82 Å². The standard InChI is InChI=1S/C22H30FN5O2.HI/c1-3-24-22(26-11-6-10-25-21(29)20-17(2)9-16-30-20)28-14-12-27(13-15-28)19-8-5-4-7-18(19)23;/h4-5,7-9,16H,3,6,10-15H2,1-2H3,(H,24,26)(H,25,29);1H. The van der Waals surface area contributed by atoms with E-state index in [9.17, 15) is 9.18 Å². The summed E-state index contributed by atoms with van der Waals surface area (Å²) >= 11 is 0. The Hall–Kier alpha value is -2.30. The zero-order valence-electron chi connectivity index (χ0n) is 18.1. The Morgan fingerprint density at radius 2 is 1.90 bits per heavy atom. The number of nitrogens with one attached hydrogen (secondary N) is 2. The molecular formula is C22H31FIN5O2. The van der Waals surface area contributed by atoms with Crippen molar-refractivity contribution in [1.29, 1.82) is 0 Å². The number of hydrogen-bond donors (Lipinski definition) is 2. The molecule has 1 amide bonds. The fourth-order valence-electron chi connectivity index (χ4n) is 3.44. The number of benzene rings is 1. The molecule has 1 aliphatic rings. The first kappa shape index (κ1) is 25.0. The largest absolute Gasteiger partial charge is 0.459 e. The summed E-state index contributed by atoms with van der Waals surface area (Å²) in [6, 6.07) is 8.67. The molecule has 170 valence electrons. The highest BCUT2D eigenvalue weighted by molar-refractivity contribution is 14.0. The van der Waals surface area contributed by atoms with Gasteiger partial charge < -0.3 is 24.9 Å². The molecule has 2 heterocycles. The molecule has 0 radical (unpaired) electrons. The van der Waals surface area contributed by atoms with Gasteiger partial charge in [0, 0.05) is 51.4 Å². The van der Waals surface area contributed by atoms with Crippen LogP contribution >= 0.6 is 24.0 Å². The summed E-state index contributed by atoms with van der Waals surface area (Å²) in [5.74, 6) is 0.842. The van der Waals surface area contributed by atoms with E-state index in [0.717, 1.165) is 50.7 Å². The van der Waals surface area contributed by atoms with E-state index in [0.29, 0.717) is 24.5 Å². The quantitative estimate of drug-likeness (QED) is 0.243. The van der Waals surface area contributed by atoms with Crippen molar-refractivity contribution < 1.29 is 13.6 Å². The van der Waals surface area contributed by atoms with Gasteiger partial charge in [-0.25, -0.2) is 4.39 Å². The van der Waals surface area contributed by atoms with E-state index in [-0.39, 0.29) is 35.7 Å². The summed E-state index contributed by atoms with van der Waals surface area (Å²) in [6.07, 6.45) is 2.25. The molecule has 31 heavy (non-hydrogen) atoms. The highest BCUT2D eigenvalue weighted by Crippen LogP contribution is 2.20. The summed E-state index contributed by atoms with van der Waals surface area (Å²) in [7, 11) is 0. The number of hydrogen-bond acceptors (Lipinski definition) is 4. The van der Waals surface area contributed by atoms with Gasteiger partial charge in [0.2, 0.25) is 0 Å². The number of furan rings is 1. The minimum atomic E-state index is -0.197. The lowest BCUT2D eigenvalue weighted by Crippen LogP contribution is -2.52. The second-order valence-electron chi connectivity index (χ2n) is 7.20. The molecule has 0 aliphatic carbocycles. The molecule has 0 spiro atoms. The van der Waals surface area contributed by atoms with Crippen LogP contribution in [0, 0.1) is 12.7 Å². The van der Waals surface area contributed by atoms with Gasteiger partial charge in [-0.3, -0.25) is 9.79 Å². The van der Waals surface area contributed by atoms with Gasteiger partial charge in [-0.05, 0) is 38.5 Å². The molecule has 3 rings (SSSR count). The molecule has 0 bridgehead atoms. The number of anilines is 1. The normalized spacial score (nSPS) is 14.2. The summed E-state index contributed by atoms with van der Waals surface area (Å²) in [5.41, 5.74) is 1.48. The molecular weight excluding hydrogens is 512 g/mol. The van der Waals surface area contributed by atoms with Gasteiger partial charge >= 0.3 is 0 Å². The van der Waals surface area contributed by atoms with Crippen LogP contribution in [0.1, 0.15) is 29.5 Å². The first-order valence-corrected chi connectivity index (χ1v) is 10.4. The van der Waals surface area contributed by atoms with Crippen molar-refractivity contribution in [3.8, 4) is 0 Å². The number of guanidine groups is 1. The van der Waals surface area contributed by atoms with Gasteiger partial charge in [0.25, 0.3) is 5.91 Å². The third kappa shape index (κ3) is 6.84. The fraction of sp³-hybridized carbons (Fsp3) is 0.455. The van der Waals surface area contributed by atoms with E-state index in [1.807, 2.05) is 26.0 Å². The van der Waals surface area contributed by atoms with Crippen LogP contribution in [0.4, 0.5) is 10.1 Å². The van der Waals surface area contributed by atoms with Crippen LogP contribution in [0.15, 0.2) is 46.0 Å². The fourth-order valence-corrected chi connectivity index (χ4v) is 3.44. The molecule has 2 N–H and O–H groups in total. The molecule has 0 unspecified atom stereocenters. The maximum absolute atomic E-state index is 14.0. The van der Waals surface area contributed by atoms with Crippen molar-refractivity contribution in [2.24, 2.45) is 4.99 Å². The van der Waals surface area contributed by atoms with Gasteiger partial charge in [-0.15, -0.1) is 24.0 Å². The maximum Gasteiger partial charge on any atom is 0.287 e. The van der Waals surface area contributed by atoms with Crippen molar-refractivity contribution in [1.82, 2.24) is 15.5 Å². The lowest BCUT2D eigenvalue weighted by Gasteiger charge is -2.37. The Kier molecular flexibility index (Phi) is 10.1. The van der Waals surface area contributed by atoms with Gasteiger partial charge in [0.15, 0.2) is 11.7 Å². The number of aliphatic imine (C=N–C) groups is 1. The summed E-state index contributed by atoms with van der Waals surface area (Å²) in [5, 5.41) is 6.19. The average molecular weight is 543 g/mol. The second-order valence-corrected chi connectivity index (χ2v) is 7.20. The van der Waals surface area contributed by atoms with Crippen LogP contribution in [0.2, 0.25) is 0 Å². The summed E-state index contributed by atoms with van der Waals surface area (Å²) in [6.45, 7) is 8.82. The van der Waals surface area contributed by atoms with Crippen molar-refractivity contribution in [2.45, 2.75) is 20.3 Å². The molecule has 1 fully saturated rings. The summed E-state index contributed by atoms with van der Waals surface area (Å²) in [4.78, 5) is 21.0. The Morgan fingerprint density at radius 1 is 1.16 bits per heavy atom. The first-order valence-electron chi connectivity index (χ1n) is 10.4. The molecule has 1 aromatic carbocycles. The molecule has 1 saturated heterocycles. The Labute approximate surface area is 200 Å². The lowest BCUT2D eigenvalue weighted by molar-refractivity contribution is 0.0925. The van der Waals surface area contributed by atoms with Crippen molar-refractivity contribution in [3.63, 3.8) is 0 Å².